The maximum absolute atomic E-state index is 12.6. The SMILES string of the molecule is CCNc1ncc(S(=O)(=O)N2CCCC(C)(O)CC2)cn1. The molecule has 0 aromatic carbocycles. The molecule has 118 valence electrons. The van der Waals surface area contributed by atoms with Crippen molar-refractivity contribution in [3.63, 3.8) is 0 Å². The molecule has 7 nitrogen and oxygen atoms in total. The molecule has 0 radical (unpaired) electrons. The Kier molecular flexibility index (Phi) is 4.80. The number of aromatic nitrogens is 2. The Morgan fingerprint density at radius 2 is 2.00 bits per heavy atom. The zero-order chi connectivity index (χ0) is 15.5. The van der Waals surface area contributed by atoms with Crippen LogP contribution in [0.15, 0.2) is 17.3 Å². The summed E-state index contributed by atoms with van der Waals surface area (Å²) in [5.74, 6) is 0.412. The quantitative estimate of drug-likeness (QED) is 0.855. The summed E-state index contributed by atoms with van der Waals surface area (Å²) in [4.78, 5) is 8.10. The van der Waals surface area contributed by atoms with Gasteiger partial charge in [0.1, 0.15) is 4.90 Å². The summed E-state index contributed by atoms with van der Waals surface area (Å²) in [6.45, 7) is 5.06. The third-order valence-corrected chi connectivity index (χ3v) is 5.47. The van der Waals surface area contributed by atoms with Gasteiger partial charge in [-0.1, -0.05) is 0 Å². The molecular formula is C13H22N4O3S. The average Bonchev–Trinajstić information content (AvgIpc) is 2.61. The molecule has 2 heterocycles. The normalized spacial score (nSPS) is 24.5. The molecule has 1 aromatic heterocycles. The number of sulfonamides is 1. The van der Waals surface area contributed by atoms with Gasteiger partial charge in [0.25, 0.3) is 0 Å². The van der Waals surface area contributed by atoms with Gasteiger partial charge in [0.05, 0.1) is 18.0 Å². The molecule has 0 aliphatic carbocycles. The number of hydrogen-bond donors (Lipinski definition) is 2. The lowest BCUT2D eigenvalue weighted by Crippen LogP contribution is -2.33. The second-order valence-electron chi connectivity index (χ2n) is 5.53. The first-order chi connectivity index (χ1) is 9.85. The highest BCUT2D eigenvalue weighted by atomic mass is 32.2. The number of rotatable bonds is 4. The molecule has 0 amide bonds. The minimum absolute atomic E-state index is 0.0886. The van der Waals surface area contributed by atoms with Crippen molar-refractivity contribution in [3.8, 4) is 0 Å². The van der Waals surface area contributed by atoms with E-state index in [4.69, 9.17) is 0 Å². The minimum Gasteiger partial charge on any atom is -0.390 e. The van der Waals surface area contributed by atoms with Crippen LogP contribution in [0.3, 0.4) is 0 Å². The molecule has 2 N–H and O–H groups in total. The zero-order valence-corrected chi connectivity index (χ0v) is 13.2. The molecule has 0 bridgehead atoms. The molecule has 2 rings (SSSR count). The van der Waals surface area contributed by atoms with E-state index in [0.29, 0.717) is 44.8 Å². The molecule has 8 heteroatoms. The Bertz CT molecular complexity index is 572. The molecule has 0 spiro atoms. The topological polar surface area (TPSA) is 95.4 Å². The molecule has 21 heavy (non-hydrogen) atoms. The number of nitrogens with zero attached hydrogens (tertiary/aromatic N) is 3. The van der Waals surface area contributed by atoms with Crippen LogP contribution >= 0.6 is 0 Å². The first-order valence-corrected chi connectivity index (χ1v) is 8.57. The van der Waals surface area contributed by atoms with Crippen molar-refractivity contribution in [2.75, 3.05) is 25.0 Å². The van der Waals surface area contributed by atoms with E-state index in [1.54, 1.807) is 6.92 Å². The average molecular weight is 314 g/mol. The summed E-state index contributed by atoms with van der Waals surface area (Å²) >= 11 is 0. The highest BCUT2D eigenvalue weighted by molar-refractivity contribution is 7.89. The fraction of sp³-hybridized carbons (Fsp3) is 0.692. The number of aliphatic hydroxyl groups is 1. The van der Waals surface area contributed by atoms with Crippen molar-refractivity contribution in [1.82, 2.24) is 14.3 Å². The van der Waals surface area contributed by atoms with E-state index in [-0.39, 0.29) is 4.90 Å². The Morgan fingerprint density at radius 3 is 2.62 bits per heavy atom. The van der Waals surface area contributed by atoms with Crippen LogP contribution in [0.5, 0.6) is 0 Å². The maximum atomic E-state index is 12.6. The van der Waals surface area contributed by atoms with E-state index in [9.17, 15) is 13.5 Å². The van der Waals surface area contributed by atoms with Crippen molar-refractivity contribution in [2.45, 2.75) is 43.6 Å². The highest BCUT2D eigenvalue weighted by Gasteiger charge is 2.31. The van der Waals surface area contributed by atoms with Crippen molar-refractivity contribution in [1.29, 1.82) is 0 Å². The van der Waals surface area contributed by atoms with Crippen LogP contribution in [0, 0.1) is 0 Å². The molecule has 0 saturated carbocycles. The van der Waals surface area contributed by atoms with Gasteiger partial charge in [-0.15, -0.1) is 0 Å². The Morgan fingerprint density at radius 1 is 1.33 bits per heavy atom. The highest BCUT2D eigenvalue weighted by Crippen LogP contribution is 2.25. The van der Waals surface area contributed by atoms with Gasteiger partial charge in [0, 0.05) is 19.6 Å². The van der Waals surface area contributed by atoms with E-state index >= 15 is 0 Å². The largest absolute Gasteiger partial charge is 0.390 e. The second-order valence-corrected chi connectivity index (χ2v) is 7.47. The monoisotopic (exact) mass is 314 g/mol. The summed E-state index contributed by atoms with van der Waals surface area (Å²) in [5, 5.41) is 13.0. The van der Waals surface area contributed by atoms with Crippen LogP contribution in [0.1, 0.15) is 33.1 Å². The summed E-state index contributed by atoms with van der Waals surface area (Å²) in [7, 11) is -3.60. The smallest absolute Gasteiger partial charge is 0.246 e. The lowest BCUT2D eigenvalue weighted by molar-refractivity contribution is 0.0465. The van der Waals surface area contributed by atoms with Crippen LogP contribution in [0.25, 0.3) is 0 Å². The number of anilines is 1. The van der Waals surface area contributed by atoms with Crippen LogP contribution < -0.4 is 5.32 Å². The molecule has 1 aliphatic rings. The predicted octanol–water partition coefficient (Wildman–Crippen LogP) is 0.834. The van der Waals surface area contributed by atoms with E-state index in [1.165, 1.54) is 16.7 Å². The maximum Gasteiger partial charge on any atom is 0.246 e. The van der Waals surface area contributed by atoms with Crippen LogP contribution in [-0.4, -0.2) is 53.0 Å². The first-order valence-electron chi connectivity index (χ1n) is 7.13. The number of nitrogens with one attached hydrogen (secondary N) is 1. The lowest BCUT2D eigenvalue weighted by Gasteiger charge is -2.22. The molecule has 1 aromatic rings. The molecule has 1 atom stereocenters. The van der Waals surface area contributed by atoms with Gasteiger partial charge in [-0.2, -0.15) is 4.31 Å². The summed E-state index contributed by atoms with van der Waals surface area (Å²) in [6.07, 6.45) is 4.33. The lowest BCUT2D eigenvalue weighted by atomic mass is 9.98. The van der Waals surface area contributed by atoms with Gasteiger partial charge in [0.2, 0.25) is 16.0 Å². The van der Waals surface area contributed by atoms with Gasteiger partial charge >= 0.3 is 0 Å². The van der Waals surface area contributed by atoms with Gasteiger partial charge in [0.15, 0.2) is 0 Å². The number of hydrogen-bond acceptors (Lipinski definition) is 6. The van der Waals surface area contributed by atoms with E-state index in [0.717, 1.165) is 0 Å². The zero-order valence-electron chi connectivity index (χ0n) is 12.4. The Balaban J connectivity index is 2.17. The van der Waals surface area contributed by atoms with E-state index < -0.39 is 15.6 Å². The van der Waals surface area contributed by atoms with Crippen molar-refractivity contribution < 1.29 is 13.5 Å². The fourth-order valence-corrected chi connectivity index (χ4v) is 3.70. The van der Waals surface area contributed by atoms with Crippen LogP contribution in [0.4, 0.5) is 5.95 Å². The van der Waals surface area contributed by atoms with Gasteiger partial charge in [-0.05, 0) is 33.1 Å². The molecular weight excluding hydrogens is 292 g/mol. The molecule has 1 aliphatic heterocycles. The third kappa shape index (κ3) is 3.90. The Hall–Kier alpha value is -1.25. The first kappa shape index (κ1) is 16.1. The summed E-state index contributed by atoms with van der Waals surface area (Å²) in [6, 6.07) is 0. The fourth-order valence-electron chi connectivity index (χ4n) is 2.33. The van der Waals surface area contributed by atoms with E-state index in [1.807, 2.05) is 6.92 Å². The second kappa shape index (κ2) is 6.25. The standard InChI is InChI=1S/C13H22N4O3S/c1-3-14-12-15-9-11(10-16-12)21(19,20)17-7-4-5-13(2,18)6-8-17/h9-10,18H,3-8H2,1-2H3,(H,14,15,16). The van der Waals surface area contributed by atoms with Crippen LogP contribution in [0.2, 0.25) is 0 Å². The van der Waals surface area contributed by atoms with Crippen molar-refractivity contribution >= 4 is 16.0 Å². The van der Waals surface area contributed by atoms with E-state index in [2.05, 4.69) is 15.3 Å². The molecule has 1 saturated heterocycles. The van der Waals surface area contributed by atoms with Crippen LogP contribution in [-0.2, 0) is 10.0 Å². The van der Waals surface area contributed by atoms with Gasteiger partial charge in [-0.3, -0.25) is 0 Å². The minimum atomic E-state index is -3.60. The van der Waals surface area contributed by atoms with Crippen molar-refractivity contribution in [3.05, 3.63) is 12.4 Å². The summed E-state index contributed by atoms with van der Waals surface area (Å²) in [5.41, 5.74) is -0.796. The Labute approximate surface area is 125 Å². The molecule has 1 fully saturated rings. The summed E-state index contributed by atoms with van der Waals surface area (Å²) < 4.78 is 26.5. The molecule has 1 unspecified atom stereocenters. The van der Waals surface area contributed by atoms with Gasteiger partial charge < -0.3 is 10.4 Å². The predicted molar refractivity (Wildman–Crippen MR) is 79.4 cm³/mol. The van der Waals surface area contributed by atoms with Gasteiger partial charge in [-0.25, -0.2) is 18.4 Å². The van der Waals surface area contributed by atoms with Crippen molar-refractivity contribution in [2.24, 2.45) is 0 Å². The third-order valence-electron chi connectivity index (χ3n) is 3.62.